The summed E-state index contributed by atoms with van der Waals surface area (Å²) in [5.41, 5.74) is 3.40. The van der Waals surface area contributed by atoms with E-state index in [0.29, 0.717) is 27.6 Å². The second kappa shape index (κ2) is 4.14. The molecular weight excluding hydrogens is 322 g/mol. The summed E-state index contributed by atoms with van der Waals surface area (Å²) >= 11 is 1.51. The van der Waals surface area contributed by atoms with Crippen LogP contribution in [0, 0.1) is 5.41 Å². The number of thioether (sulfide) groups is 1. The van der Waals surface area contributed by atoms with E-state index >= 15 is 0 Å². The van der Waals surface area contributed by atoms with Gasteiger partial charge in [-0.15, -0.1) is 11.8 Å². The first-order valence-electron chi connectivity index (χ1n) is 6.72. The van der Waals surface area contributed by atoms with Gasteiger partial charge in [-0.3, -0.25) is 9.10 Å². The highest BCUT2D eigenvalue weighted by atomic mass is 32.2. The molecule has 3 heterocycles. The molecule has 8 heteroatoms. The lowest BCUT2D eigenvalue weighted by atomic mass is 9.84. The van der Waals surface area contributed by atoms with Gasteiger partial charge in [0.25, 0.3) is 15.9 Å². The van der Waals surface area contributed by atoms with Crippen LogP contribution < -0.4 is 5.43 Å². The third-order valence-corrected chi connectivity index (χ3v) is 7.56. The molecule has 0 fully saturated rings. The van der Waals surface area contributed by atoms with Gasteiger partial charge in [-0.25, -0.2) is 13.8 Å². The second-order valence-corrected chi connectivity index (χ2v) is 8.59. The molecule has 0 bridgehead atoms. The molecule has 1 aromatic rings. The quantitative estimate of drug-likeness (QED) is 0.773. The number of carbonyl (C=O) groups excluding carboxylic acids is 1. The number of hydrogen-bond acceptors (Lipinski definition) is 5. The van der Waals surface area contributed by atoms with E-state index in [1.54, 1.807) is 25.1 Å². The summed E-state index contributed by atoms with van der Waals surface area (Å²) in [6.07, 6.45) is 0. The van der Waals surface area contributed by atoms with Crippen LogP contribution in [0.25, 0.3) is 4.91 Å². The summed E-state index contributed by atoms with van der Waals surface area (Å²) in [4.78, 5) is 13.2. The highest BCUT2D eigenvalue weighted by Gasteiger charge is 2.52. The average Bonchev–Trinajstić information content (AvgIpc) is 2.80. The molecule has 22 heavy (non-hydrogen) atoms. The zero-order valence-corrected chi connectivity index (χ0v) is 13.6. The molecule has 0 saturated heterocycles. The zero-order valence-electron chi connectivity index (χ0n) is 12.0. The van der Waals surface area contributed by atoms with Crippen LogP contribution in [0.15, 0.2) is 40.0 Å². The van der Waals surface area contributed by atoms with Crippen molar-refractivity contribution < 1.29 is 13.2 Å². The number of hydrogen-bond donors (Lipinski definition) is 1. The second-order valence-electron chi connectivity index (χ2n) is 5.67. The molecular formula is C14H13N3O3S2. The van der Waals surface area contributed by atoms with Crippen molar-refractivity contribution in [1.82, 2.24) is 9.73 Å². The number of nitrogens with zero attached hydrogens (tertiary/aromatic N) is 2. The highest BCUT2D eigenvalue weighted by molar-refractivity contribution is 8.08. The first kappa shape index (κ1) is 13.8. The smallest absolute Gasteiger partial charge is 0.264 e. The molecule has 0 aromatic heterocycles. The van der Waals surface area contributed by atoms with Crippen LogP contribution >= 0.6 is 11.8 Å². The summed E-state index contributed by atoms with van der Waals surface area (Å²) < 4.78 is 26.8. The van der Waals surface area contributed by atoms with Crippen molar-refractivity contribution >= 4 is 38.3 Å². The van der Waals surface area contributed by atoms with E-state index in [1.165, 1.54) is 23.1 Å². The third-order valence-electron chi connectivity index (χ3n) is 4.32. The number of benzene rings is 1. The standard InChI is InChI=1S/C14H13N3O3S2/c1-14-7-21-11-8-5-3-4-6-9(8)22(19,20)17(2)10(11)12(14)15-16-13(14)18/h3-6H,7H2,1-2H3,(H,16,18). The molecule has 1 atom stereocenters. The van der Waals surface area contributed by atoms with Crippen LogP contribution in [0.3, 0.4) is 0 Å². The highest BCUT2D eigenvalue weighted by Crippen LogP contribution is 2.50. The Labute approximate surface area is 132 Å². The van der Waals surface area contributed by atoms with Gasteiger partial charge in [-0.05, 0) is 13.0 Å². The predicted octanol–water partition coefficient (Wildman–Crippen LogP) is 1.23. The fourth-order valence-electron chi connectivity index (χ4n) is 2.95. The van der Waals surface area contributed by atoms with E-state index in [0.717, 1.165) is 4.91 Å². The van der Waals surface area contributed by atoms with Crippen LogP contribution in [0.5, 0.6) is 0 Å². The lowest BCUT2D eigenvalue weighted by molar-refractivity contribution is -0.124. The van der Waals surface area contributed by atoms with E-state index in [-0.39, 0.29) is 5.91 Å². The number of fused-ring (bicyclic) bond motifs is 4. The molecule has 0 saturated carbocycles. The number of nitrogens with one attached hydrogen (secondary N) is 1. The fourth-order valence-corrected chi connectivity index (χ4v) is 5.88. The largest absolute Gasteiger partial charge is 0.272 e. The molecule has 3 aliphatic heterocycles. The maximum Gasteiger partial charge on any atom is 0.264 e. The lowest BCUT2D eigenvalue weighted by Gasteiger charge is -2.38. The van der Waals surface area contributed by atoms with Gasteiger partial charge in [-0.1, -0.05) is 18.2 Å². The zero-order chi connectivity index (χ0) is 15.7. The topological polar surface area (TPSA) is 78.8 Å². The third kappa shape index (κ3) is 1.49. The monoisotopic (exact) mass is 335 g/mol. The number of hydrazone groups is 1. The Hall–Kier alpha value is -1.80. The van der Waals surface area contributed by atoms with Gasteiger partial charge in [0.15, 0.2) is 0 Å². The Morgan fingerprint density at radius 1 is 1.36 bits per heavy atom. The van der Waals surface area contributed by atoms with Crippen molar-refractivity contribution in [2.45, 2.75) is 11.8 Å². The molecule has 1 aromatic carbocycles. The molecule has 0 aliphatic carbocycles. The van der Waals surface area contributed by atoms with E-state index < -0.39 is 15.4 Å². The van der Waals surface area contributed by atoms with E-state index in [2.05, 4.69) is 10.5 Å². The normalized spacial score (nSPS) is 28.5. The minimum Gasteiger partial charge on any atom is -0.272 e. The summed E-state index contributed by atoms with van der Waals surface area (Å²) in [5, 5.41) is 4.12. The number of carbonyl (C=O) groups is 1. The Balaban J connectivity index is 2.05. The van der Waals surface area contributed by atoms with Crippen LogP contribution in [0.1, 0.15) is 12.5 Å². The Morgan fingerprint density at radius 2 is 2.09 bits per heavy atom. The fraction of sp³-hybridized carbons (Fsp3) is 0.286. The van der Waals surface area contributed by atoms with Crippen LogP contribution in [-0.2, 0) is 14.8 Å². The molecule has 1 N–H and O–H groups in total. The van der Waals surface area contributed by atoms with Crippen molar-refractivity contribution in [3.8, 4) is 0 Å². The van der Waals surface area contributed by atoms with E-state index in [1.807, 2.05) is 6.07 Å². The van der Waals surface area contributed by atoms with Crippen LogP contribution in [0.2, 0.25) is 0 Å². The molecule has 1 amide bonds. The number of sulfonamides is 1. The Bertz CT molecular complexity index is 888. The molecule has 4 rings (SSSR count). The van der Waals surface area contributed by atoms with Crippen LogP contribution in [0.4, 0.5) is 0 Å². The van der Waals surface area contributed by atoms with E-state index in [9.17, 15) is 13.2 Å². The van der Waals surface area contributed by atoms with Gasteiger partial charge < -0.3 is 0 Å². The Morgan fingerprint density at radius 3 is 2.86 bits per heavy atom. The Kier molecular flexibility index (Phi) is 2.60. The predicted molar refractivity (Wildman–Crippen MR) is 84.5 cm³/mol. The van der Waals surface area contributed by atoms with Gasteiger partial charge in [0.2, 0.25) is 0 Å². The first-order chi connectivity index (χ1) is 10.4. The summed E-state index contributed by atoms with van der Waals surface area (Å²) in [6, 6.07) is 6.94. The molecule has 6 nitrogen and oxygen atoms in total. The minimum absolute atomic E-state index is 0.189. The maximum absolute atomic E-state index is 12.8. The van der Waals surface area contributed by atoms with Gasteiger partial charge in [0.1, 0.15) is 11.1 Å². The molecule has 3 aliphatic rings. The van der Waals surface area contributed by atoms with Crippen molar-refractivity contribution in [1.29, 1.82) is 0 Å². The molecule has 1 unspecified atom stereocenters. The summed E-state index contributed by atoms with van der Waals surface area (Å²) in [7, 11) is -2.12. The van der Waals surface area contributed by atoms with Gasteiger partial charge in [-0.2, -0.15) is 5.10 Å². The molecule has 0 spiro atoms. The van der Waals surface area contributed by atoms with Crippen molar-refractivity contribution in [2.24, 2.45) is 10.5 Å². The minimum atomic E-state index is -3.63. The maximum atomic E-state index is 12.8. The number of rotatable bonds is 0. The molecule has 0 radical (unpaired) electrons. The summed E-state index contributed by atoms with van der Waals surface area (Å²) in [5.74, 6) is 0.352. The van der Waals surface area contributed by atoms with Gasteiger partial charge in [0.05, 0.1) is 10.6 Å². The van der Waals surface area contributed by atoms with Crippen molar-refractivity contribution in [3.63, 3.8) is 0 Å². The average molecular weight is 335 g/mol. The van der Waals surface area contributed by atoms with E-state index in [4.69, 9.17) is 0 Å². The number of allylic oxidation sites excluding steroid dienone is 1. The lowest BCUT2D eigenvalue weighted by Crippen LogP contribution is -2.46. The van der Waals surface area contributed by atoms with Crippen molar-refractivity contribution in [2.75, 3.05) is 12.8 Å². The molecule has 114 valence electrons. The van der Waals surface area contributed by atoms with Crippen LogP contribution in [-0.4, -0.2) is 37.1 Å². The first-order valence-corrected chi connectivity index (χ1v) is 9.14. The van der Waals surface area contributed by atoms with Gasteiger partial charge >= 0.3 is 0 Å². The van der Waals surface area contributed by atoms with Crippen molar-refractivity contribution in [3.05, 3.63) is 35.5 Å². The number of amides is 1. The SMILES string of the molecule is CN1C2=C(SCC3(C)C(=O)NN=C23)c2ccccc2S1(=O)=O. The van der Waals surface area contributed by atoms with Gasteiger partial charge in [0, 0.05) is 23.3 Å². The summed E-state index contributed by atoms with van der Waals surface area (Å²) in [6.45, 7) is 1.80.